The van der Waals surface area contributed by atoms with Crippen molar-refractivity contribution in [1.82, 2.24) is 19.6 Å². The number of amides is 1. The Morgan fingerprint density at radius 2 is 2.07 bits per heavy atom. The third-order valence-corrected chi connectivity index (χ3v) is 6.68. The van der Waals surface area contributed by atoms with Crippen LogP contribution in [0, 0.1) is 5.92 Å². The van der Waals surface area contributed by atoms with Crippen molar-refractivity contribution in [2.24, 2.45) is 5.92 Å². The molecule has 0 aliphatic carbocycles. The van der Waals surface area contributed by atoms with E-state index in [1.54, 1.807) is 0 Å². The summed E-state index contributed by atoms with van der Waals surface area (Å²) < 4.78 is 7.91. The summed E-state index contributed by atoms with van der Waals surface area (Å²) in [5.41, 5.74) is 2.49. The summed E-state index contributed by atoms with van der Waals surface area (Å²) in [6.07, 6.45) is 9.67. The molecule has 1 aromatic carbocycles. The molecule has 1 saturated heterocycles. The maximum atomic E-state index is 12.9. The maximum Gasteiger partial charge on any atom is 0.260 e. The van der Waals surface area contributed by atoms with E-state index in [4.69, 9.17) is 4.74 Å². The molecule has 2 aliphatic heterocycles. The van der Waals surface area contributed by atoms with Gasteiger partial charge in [0.1, 0.15) is 5.75 Å². The number of hydrogen-bond acceptors (Lipinski definition) is 4. The minimum Gasteiger partial charge on any atom is -0.483 e. The number of ether oxygens (including phenoxy) is 1. The first kappa shape index (κ1) is 20.9. The molecule has 6 nitrogen and oxygen atoms in total. The van der Waals surface area contributed by atoms with Crippen molar-refractivity contribution in [3.8, 4) is 5.75 Å². The number of hydrogen-bond donors (Lipinski definition) is 0. The Kier molecular flexibility index (Phi) is 6.72. The summed E-state index contributed by atoms with van der Waals surface area (Å²) in [7, 11) is 1.96. The van der Waals surface area contributed by atoms with Gasteiger partial charge in [-0.05, 0) is 50.2 Å². The van der Waals surface area contributed by atoms with Crippen LogP contribution in [0.5, 0.6) is 5.75 Å². The zero-order valence-electron chi connectivity index (χ0n) is 18.3. The van der Waals surface area contributed by atoms with Gasteiger partial charge in [-0.2, -0.15) is 5.10 Å². The lowest BCUT2D eigenvalue weighted by Gasteiger charge is -2.43. The van der Waals surface area contributed by atoms with Gasteiger partial charge in [0.05, 0.1) is 6.20 Å². The van der Waals surface area contributed by atoms with Crippen LogP contribution >= 0.6 is 0 Å². The van der Waals surface area contributed by atoms with Gasteiger partial charge >= 0.3 is 0 Å². The number of benzene rings is 1. The minimum absolute atomic E-state index is 0.0815. The van der Waals surface area contributed by atoms with E-state index in [9.17, 15) is 4.79 Å². The Morgan fingerprint density at radius 3 is 2.90 bits per heavy atom. The number of fused-ring (bicyclic) bond motifs is 2. The lowest BCUT2D eigenvalue weighted by Crippen LogP contribution is -2.52. The number of carbonyl (C=O) groups excluding carboxylic acids is 1. The number of rotatable bonds is 3. The molecule has 0 radical (unpaired) electrons. The van der Waals surface area contributed by atoms with Crippen molar-refractivity contribution in [3.63, 3.8) is 0 Å². The second-order valence-electron chi connectivity index (χ2n) is 8.70. The molecule has 4 rings (SSSR count). The average Bonchev–Trinajstić information content (AvgIpc) is 3.22. The molecule has 0 bridgehead atoms. The first-order valence-corrected chi connectivity index (χ1v) is 11.3. The van der Waals surface area contributed by atoms with Gasteiger partial charge in [-0.1, -0.05) is 24.6 Å². The number of aromatic nitrogens is 2. The first-order chi connectivity index (χ1) is 14.6. The molecular weight excluding hydrogens is 376 g/mol. The quantitative estimate of drug-likeness (QED) is 0.779. The Bertz CT molecular complexity index is 849. The van der Waals surface area contributed by atoms with Crippen molar-refractivity contribution in [3.05, 3.63) is 47.8 Å². The summed E-state index contributed by atoms with van der Waals surface area (Å²) in [6, 6.07) is 8.44. The lowest BCUT2D eigenvalue weighted by atomic mass is 9.86. The molecule has 0 saturated carbocycles. The summed E-state index contributed by atoms with van der Waals surface area (Å²) >= 11 is 0. The molecule has 2 aliphatic rings. The highest BCUT2D eigenvalue weighted by Crippen LogP contribution is 2.29. The third kappa shape index (κ3) is 4.86. The monoisotopic (exact) mass is 410 g/mol. The Hall–Kier alpha value is -2.34. The van der Waals surface area contributed by atoms with Gasteiger partial charge in [0.2, 0.25) is 0 Å². The maximum absolute atomic E-state index is 12.9. The van der Waals surface area contributed by atoms with Crippen LogP contribution in [0.25, 0.3) is 0 Å². The molecule has 2 aromatic rings. The van der Waals surface area contributed by atoms with Crippen LogP contribution in [0.15, 0.2) is 36.7 Å². The Morgan fingerprint density at radius 1 is 1.20 bits per heavy atom. The first-order valence-electron chi connectivity index (χ1n) is 11.3. The fourth-order valence-electron chi connectivity index (χ4n) is 4.95. The van der Waals surface area contributed by atoms with Gasteiger partial charge in [0.25, 0.3) is 5.91 Å². The summed E-state index contributed by atoms with van der Waals surface area (Å²) in [5, 5.41) is 4.41. The highest BCUT2D eigenvalue weighted by molar-refractivity contribution is 5.78. The molecule has 1 fully saturated rings. The Labute approximate surface area is 179 Å². The van der Waals surface area contributed by atoms with Crippen LogP contribution in [0.3, 0.4) is 0 Å². The molecule has 1 aromatic heterocycles. The van der Waals surface area contributed by atoms with Crippen LogP contribution in [-0.2, 0) is 24.3 Å². The fourth-order valence-corrected chi connectivity index (χ4v) is 4.95. The second-order valence-corrected chi connectivity index (χ2v) is 8.70. The molecule has 30 heavy (non-hydrogen) atoms. The number of nitrogens with zero attached hydrogens (tertiary/aromatic N) is 4. The van der Waals surface area contributed by atoms with E-state index in [1.807, 2.05) is 35.0 Å². The van der Waals surface area contributed by atoms with Crippen molar-refractivity contribution >= 4 is 5.91 Å². The standard InChI is InChI=1S/C24H34N4O2/c1-3-28-16-19(14-25-28)15-27-13-12-22-21(17-27)10-5-4-8-20-9-6-7-11-23(20)30-18-24(29)26(22)2/h6-7,9,11,14,16,21-22H,3-5,8,10,12-13,15,17-18H2,1-2H3/t21-,22+/m0/s1. The minimum atomic E-state index is 0.0815. The van der Waals surface area contributed by atoms with E-state index in [0.29, 0.717) is 12.0 Å². The normalized spacial score (nSPS) is 23.7. The molecule has 6 heteroatoms. The average molecular weight is 411 g/mol. The number of aryl methyl sites for hydroxylation is 2. The van der Waals surface area contributed by atoms with Crippen molar-refractivity contribution < 1.29 is 9.53 Å². The molecule has 2 atom stereocenters. The van der Waals surface area contributed by atoms with Gasteiger partial charge in [-0.15, -0.1) is 0 Å². The smallest absolute Gasteiger partial charge is 0.260 e. The van der Waals surface area contributed by atoms with E-state index < -0.39 is 0 Å². The van der Waals surface area contributed by atoms with Crippen molar-refractivity contribution in [2.75, 3.05) is 26.7 Å². The molecule has 0 N–H and O–H groups in total. The fraction of sp³-hybridized carbons (Fsp3) is 0.583. The van der Waals surface area contributed by atoms with Gasteiger partial charge in [0, 0.05) is 51.0 Å². The van der Waals surface area contributed by atoms with Gasteiger partial charge in [-0.3, -0.25) is 14.4 Å². The molecule has 1 amide bonds. The van der Waals surface area contributed by atoms with Crippen LogP contribution < -0.4 is 4.74 Å². The zero-order chi connectivity index (χ0) is 20.9. The molecule has 162 valence electrons. The highest BCUT2D eigenvalue weighted by atomic mass is 16.5. The lowest BCUT2D eigenvalue weighted by molar-refractivity contribution is -0.136. The van der Waals surface area contributed by atoms with E-state index >= 15 is 0 Å². The number of carbonyl (C=O) groups is 1. The Balaban J connectivity index is 1.44. The molecule has 0 spiro atoms. The zero-order valence-corrected chi connectivity index (χ0v) is 18.3. The molecule has 0 unspecified atom stereocenters. The largest absolute Gasteiger partial charge is 0.483 e. The topological polar surface area (TPSA) is 50.6 Å². The van der Waals surface area contributed by atoms with Gasteiger partial charge in [0.15, 0.2) is 6.61 Å². The van der Waals surface area contributed by atoms with E-state index in [0.717, 1.165) is 57.6 Å². The highest BCUT2D eigenvalue weighted by Gasteiger charge is 2.34. The predicted molar refractivity (Wildman–Crippen MR) is 117 cm³/mol. The number of para-hydroxylation sites is 1. The third-order valence-electron chi connectivity index (χ3n) is 6.68. The van der Waals surface area contributed by atoms with E-state index in [2.05, 4.69) is 35.3 Å². The van der Waals surface area contributed by atoms with E-state index in [-0.39, 0.29) is 12.5 Å². The van der Waals surface area contributed by atoms with Crippen LogP contribution in [0.1, 0.15) is 43.7 Å². The van der Waals surface area contributed by atoms with Crippen molar-refractivity contribution in [2.45, 2.75) is 58.2 Å². The van der Waals surface area contributed by atoms with Crippen LogP contribution in [0.2, 0.25) is 0 Å². The molecular formula is C24H34N4O2. The summed E-state index contributed by atoms with van der Waals surface area (Å²) in [4.78, 5) is 17.4. The van der Waals surface area contributed by atoms with Gasteiger partial charge < -0.3 is 9.64 Å². The van der Waals surface area contributed by atoms with Gasteiger partial charge in [-0.25, -0.2) is 0 Å². The SMILES string of the molecule is CCn1cc(CN2CC[C@@H]3[C@@H](CCCCc4ccccc4OCC(=O)N3C)C2)cn1. The van der Waals surface area contributed by atoms with Crippen LogP contribution in [-0.4, -0.2) is 58.3 Å². The van der Waals surface area contributed by atoms with E-state index in [1.165, 1.54) is 17.5 Å². The molecule has 3 heterocycles. The number of piperidine rings is 1. The summed E-state index contributed by atoms with van der Waals surface area (Å²) in [5.74, 6) is 1.44. The number of likely N-dealkylation sites (tertiary alicyclic amines) is 1. The predicted octanol–water partition coefficient (Wildman–Crippen LogP) is 3.36. The number of likely N-dealkylation sites (N-methyl/N-ethyl adjacent to an activating group) is 1. The van der Waals surface area contributed by atoms with Crippen molar-refractivity contribution in [1.29, 1.82) is 0 Å². The second kappa shape index (κ2) is 9.65. The van der Waals surface area contributed by atoms with Crippen LogP contribution in [0.4, 0.5) is 0 Å². The summed E-state index contributed by atoms with van der Waals surface area (Å²) in [6.45, 7) is 6.13.